The van der Waals surface area contributed by atoms with Crippen LogP contribution in [0.5, 0.6) is 0 Å². The molecule has 4 nitrogen and oxygen atoms in total. The second-order valence-corrected chi connectivity index (χ2v) is 5.88. The number of amides is 2. The Morgan fingerprint density at radius 2 is 2.00 bits per heavy atom. The molecule has 1 unspecified atom stereocenters. The van der Waals surface area contributed by atoms with Crippen molar-refractivity contribution in [2.45, 2.75) is 26.3 Å². The van der Waals surface area contributed by atoms with Gasteiger partial charge in [-0.1, -0.05) is 22.9 Å². The highest BCUT2D eigenvalue weighted by atomic mass is 79.9. The van der Waals surface area contributed by atoms with E-state index >= 15 is 0 Å². The Bertz CT molecular complexity index is 478. The van der Waals surface area contributed by atoms with E-state index in [0.717, 1.165) is 10.9 Å². The van der Waals surface area contributed by atoms with Gasteiger partial charge in [0, 0.05) is 15.5 Å². The average molecular weight is 392 g/mol. The predicted octanol–water partition coefficient (Wildman–Crippen LogP) is 2.86. The molecule has 1 rings (SSSR count). The van der Waals surface area contributed by atoms with E-state index in [2.05, 4.69) is 42.5 Å². The van der Waals surface area contributed by atoms with Crippen LogP contribution in [-0.2, 0) is 4.79 Å². The number of benzene rings is 1. The molecule has 1 atom stereocenters. The molecule has 0 saturated carbocycles. The molecule has 0 aliphatic rings. The first-order valence-electron chi connectivity index (χ1n) is 5.99. The Kier molecular flexibility index (Phi) is 6.51. The van der Waals surface area contributed by atoms with Crippen molar-refractivity contribution in [2.75, 3.05) is 6.54 Å². The van der Waals surface area contributed by atoms with E-state index in [4.69, 9.17) is 0 Å². The maximum atomic E-state index is 12.0. The molecule has 2 N–H and O–H groups in total. The van der Waals surface area contributed by atoms with Crippen LogP contribution >= 0.6 is 31.9 Å². The summed E-state index contributed by atoms with van der Waals surface area (Å²) >= 11 is 6.65. The highest BCUT2D eigenvalue weighted by molar-refractivity contribution is 9.11. The van der Waals surface area contributed by atoms with Gasteiger partial charge >= 0.3 is 0 Å². The number of nitrogens with one attached hydrogen (secondary N) is 2. The molecule has 0 radical (unpaired) electrons. The molecule has 0 fully saturated rings. The van der Waals surface area contributed by atoms with Gasteiger partial charge in [0.05, 0.1) is 5.56 Å². The number of rotatable bonds is 5. The van der Waals surface area contributed by atoms with Crippen molar-refractivity contribution < 1.29 is 9.59 Å². The zero-order valence-corrected chi connectivity index (χ0v) is 14.0. The lowest BCUT2D eigenvalue weighted by Gasteiger charge is -2.14. The summed E-state index contributed by atoms with van der Waals surface area (Å²) in [4.78, 5) is 23.7. The first-order valence-corrected chi connectivity index (χ1v) is 7.58. The summed E-state index contributed by atoms with van der Waals surface area (Å²) < 4.78 is 1.56. The summed E-state index contributed by atoms with van der Waals surface area (Å²) in [6.07, 6.45) is 0.866. The Labute approximate surface area is 129 Å². The number of hydrogen-bond acceptors (Lipinski definition) is 2. The van der Waals surface area contributed by atoms with E-state index in [-0.39, 0.29) is 11.8 Å². The van der Waals surface area contributed by atoms with Gasteiger partial charge in [0.25, 0.3) is 5.91 Å². The summed E-state index contributed by atoms with van der Waals surface area (Å²) in [5, 5.41) is 5.41. The second kappa shape index (κ2) is 7.65. The third-order valence-electron chi connectivity index (χ3n) is 2.47. The molecule has 19 heavy (non-hydrogen) atoms. The molecule has 1 aromatic rings. The molecule has 0 heterocycles. The first kappa shape index (κ1) is 16.2. The Balaban J connectivity index is 2.66. The molecule has 1 aromatic carbocycles. The lowest BCUT2D eigenvalue weighted by molar-refractivity contribution is -0.122. The van der Waals surface area contributed by atoms with Crippen LogP contribution in [0.2, 0.25) is 0 Å². The normalized spacial score (nSPS) is 11.8. The Morgan fingerprint density at radius 1 is 1.32 bits per heavy atom. The number of carbonyl (C=O) groups excluding carboxylic acids is 2. The van der Waals surface area contributed by atoms with E-state index in [0.29, 0.717) is 16.6 Å². The van der Waals surface area contributed by atoms with E-state index in [1.165, 1.54) is 0 Å². The molecule has 104 valence electrons. The van der Waals surface area contributed by atoms with Crippen LogP contribution in [0.1, 0.15) is 30.6 Å². The summed E-state index contributed by atoms with van der Waals surface area (Å²) in [5.41, 5.74) is 0.498. The monoisotopic (exact) mass is 390 g/mol. The minimum absolute atomic E-state index is 0.177. The van der Waals surface area contributed by atoms with E-state index < -0.39 is 6.04 Å². The minimum Gasteiger partial charge on any atom is -0.354 e. The zero-order valence-electron chi connectivity index (χ0n) is 10.8. The van der Waals surface area contributed by atoms with Gasteiger partial charge in [0.2, 0.25) is 5.91 Å². The van der Waals surface area contributed by atoms with Crippen LogP contribution in [0, 0.1) is 0 Å². The summed E-state index contributed by atoms with van der Waals surface area (Å²) in [6.45, 7) is 4.25. The van der Waals surface area contributed by atoms with E-state index in [1.54, 1.807) is 25.1 Å². The summed E-state index contributed by atoms with van der Waals surface area (Å²) in [5.74, 6) is -0.457. The predicted molar refractivity (Wildman–Crippen MR) is 82.1 cm³/mol. The number of carbonyl (C=O) groups is 2. The van der Waals surface area contributed by atoms with Crippen molar-refractivity contribution in [3.63, 3.8) is 0 Å². The van der Waals surface area contributed by atoms with Gasteiger partial charge in [-0.15, -0.1) is 0 Å². The fourth-order valence-electron chi connectivity index (χ4n) is 1.41. The van der Waals surface area contributed by atoms with E-state index in [1.807, 2.05) is 6.92 Å². The van der Waals surface area contributed by atoms with Crippen molar-refractivity contribution in [3.05, 3.63) is 32.7 Å². The lowest BCUT2D eigenvalue weighted by Crippen LogP contribution is -2.45. The third-order valence-corrected chi connectivity index (χ3v) is 3.62. The maximum Gasteiger partial charge on any atom is 0.253 e. The molecular formula is C13H16Br2N2O2. The van der Waals surface area contributed by atoms with Crippen molar-refractivity contribution in [1.82, 2.24) is 10.6 Å². The van der Waals surface area contributed by atoms with Gasteiger partial charge in [0.1, 0.15) is 6.04 Å². The Morgan fingerprint density at radius 3 is 2.58 bits per heavy atom. The lowest BCUT2D eigenvalue weighted by atomic mass is 10.2. The standard InChI is InChI=1S/C13H16Br2N2O2/c1-3-6-16-12(18)8(2)17-13(19)10-5-4-9(14)7-11(10)15/h4-5,7-8H,3,6H2,1-2H3,(H,16,18)(H,17,19). The maximum absolute atomic E-state index is 12.0. The molecule has 6 heteroatoms. The van der Waals surface area contributed by atoms with Crippen molar-refractivity contribution in [3.8, 4) is 0 Å². The highest BCUT2D eigenvalue weighted by Gasteiger charge is 2.17. The smallest absolute Gasteiger partial charge is 0.253 e. The quantitative estimate of drug-likeness (QED) is 0.810. The van der Waals surface area contributed by atoms with Crippen LogP contribution in [-0.4, -0.2) is 24.4 Å². The summed E-state index contributed by atoms with van der Waals surface area (Å²) in [6, 6.07) is 4.70. The first-order chi connectivity index (χ1) is 8.95. The van der Waals surface area contributed by atoms with Gasteiger partial charge in [-0.3, -0.25) is 9.59 Å². The van der Waals surface area contributed by atoms with E-state index in [9.17, 15) is 9.59 Å². The van der Waals surface area contributed by atoms with Crippen LogP contribution < -0.4 is 10.6 Å². The highest BCUT2D eigenvalue weighted by Crippen LogP contribution is 2.21. The second-order valence-electron chi connectivity index (χ2n) is 4.11. The fourth-order valence-corrected chi connectivity index (χ4v) is 2.64. The van der Waals surface area contributed by atoms with Gasteiger partial charge in [0.15, 0.2) is 0 Å². The summed E-state index contributed by atoms with van der Waals surface area (Å²) in [7, 11) is 0. The van der Waals surface area contributed by atoms with Crippen LogP contribution in [0.15, 0.2) is 27.1 Å². The van der Waals surface area contributed by atoms with Gasteiger partial charge in [-0.05, 0) is 47.5 Å². The topological polar surface area (TPSA) is 58.2 Å². The van der Waals surface area contributed by atoms with Gasteiger partial charge in [-0.2, -0.15) is 0 Å². The fraction of sp³-hybridized carbons (Fsp3) is 0.385. The molecule has 0 aromatic heterocycles. The third kappa shape index (κ3) is 4.95. The van der Waals surface area contributed by atoms with Crippen LogP contribution in [0.3, 0.4) is 0 Å². The SMILES string of the molecule is CCCNC(=O)C(C)NC(=O)c1ccc(Br)cc1Br. The molecule has 0 bridgehead atoms. The molecular weight excluding hydrogens is 376 g/mol. The van der Waals surface area contributed by atoms with Gasteiger partial charge < -0.3 is 10.6 Å². The zero-order chi connectivity index (χ0) is 14.4. The van der Waals surface area contributed by atoms with Crippen molar-refractivity contribution >= 4 is 43.7 Å². The molecule has 0 aliphatic carbocycles. The molecule has 0 aliphatic heterocycles. The molecule has 0 spiro atoms. The largest absolute Gasteiger partial charge is 0.354 e. The number of halogens is 2. The molecule has 2 amide bonds. The van der Waals surface area contributed by atoms with Crippen molar-refractivity contribution in [2.24, 2.45) is 0 Å². The van der Waals surface area contributed by atoms with Crippen molar-refractivity contribution in [1.29, 1.82) is 0 Å². The van der Waals surface area contributed by atoms with Gasteiger partial charge in [-0.25, -0.2) is 0 Å². The minimum atomic E-state index is -0.561. The number of hydrogen-bond donors (Lipinski definition) is 2. The molecule has 0 saturated heterocycles. The average Bonchev–Trinajstić information content (AvgIpc) is 2.35. The van der Waals surface area contributed by atoms with Crippen LogP contribution in [0.4, 0.5) is 0 Å². The van der Waals surface area contributed by atoms with Crippen LogP contribution in [0.25, 0.3) is 0 Å². The Hall–Kier alpha value is -0.880.